The number of benzene rings is 1. The first kappa shape index (κ1) is 11.4. The Morgan fingerprint density at radius 1 is 1.50 bits per heavy atom. The third kappa shape index (κ3) is 2.35. The number of hydrogen-bond acceptors (Lipinski definition) is 1. The molecule has 0 aromatic heterocycles. The third-order valence-electron chi connectivity index (χ3n) is 3.81. The Morgan fingerprint density at radius 2 is 2.31 bits per heavy atom. The SMILES string of the molecule is C=Cc1cccc(C(C)C2CCN(C)C2)c1. The molecule has 1 nitrogen and oxygen atoms in total. The largest absolute Gasteiger partial charge is 0.306 e. The second kappa shape index (κ2) is 4.84. The van der Waals surface area contributed by atoms with Gasteiger partial charge in [-0.2, -0.15) is 0 Å². The fraction of sp³-hybridized carbons (Fsp3) is 0.467. The first-order valence-corrected chi connectivity index (χ1v) is 6.11. The predicted molar refractivity (Wildman–Crippen MR) is 70.6 cm³/mol. The lowest BCUT2D eigenvalue weighted by Crippen LogP contribution is -2.17. The molecule has 1 saturated heterocycles. The minimum Gasteiger partial charge on any atom is -0.306 e. The second-order valence-electron chi connectivity index (χ2n) is 4.97. The summed E-state index contributed by atoms with van der Waals surface area (Å²) < 4.78 is 0. The van der Waals surface area contributed by atoms with Crippen molar-refractivity contribution >= 4 is 6.08 Å². The standard InChI is InChI=1S/C15H21N/c1-4-13-6-5-7-14(10-13)12(2)15-8-9-16(3)11-15/h4-7,10,12,15H,1,8-9,11H2,2-3H3. The van der Waals surface area contributed by atoms with Crippen molar-refractivity contribution in [3.8, 4) is 0 Å². The van der Waals surface area contributed by atoms with E-state index in [4.69, 9.17) is 0 Å². The molecule has 0 aliphatic carbocycles. The van der Waals surface area contributed by atoms with Gasteiger partial charge in [-0.25, -0.2) is 0 Å². The van der Waals surface area contributed by atoms with Crippen molar-refractivity contribution in [3.63, 3.8) is 0 Å². The molecule has 1 aromatic carbocycles. The summed E-state index contributed by atoms with van der Waals surface area (Å²) in [7, 11) is 2.22. The molecule has 2 atom stereocenters. The van der Waals surface area contributed by atoms with E-state index in [2.05, 4.69) is 49.7 Å². The van der Waals surface area contributed by atoms with Crippen LogP contribution in [0.5, 0.6) is 0 Å². The number of likely N-dealkylation sites (tertiary alicyclic amines) is 1. The van der Waals surface area contributed by atoms with Gasteiger partial charge in [0.25, 0.3) is 0 Å². The Hall–Kier alpha value is -1.08. The van der Waals surface area contributed by atoms with Crippen LogP contribution < -0.4 is 0 Å². The van der Waals surface area contributed by atoms with Crippen LogP contribution >= 0.6 is 0 Å². The van der Waals surface area contributed by atoms with Crippen molar-refractivity contribution < 1.29 is 0 Å². The Bertz CT molecular complexity index is 369. The van der Waals surface area contributed by atoms with Gasteiger partial charge in [-0.05, 0) is 43.0 Å². The molecule has 16 heavy (non-hydrogen) atoms. The molecule has 0 bridgehead atoms. The number of nitrogens with zero attached hydrogens (tertiary/aromatic N) is 1. The van der Waals surface area contributed by atoms with Gasteiger partial charge in [0.1, 0.15) is 0 Å². The number of hydrogen-bond donors (Lipinski definition) is 0. The Balaban J connectivity index is 2.13. The van der Waals surface area contributed by atoms with Gasteiger partial charge in [0.15, 0.2) is 0 Å². The molecule has 86 valence electrons. The quantitative estimate of drug-likeness (QED) is 0.747. The predicted octanol–water partition coefficient (Wildman–Crippen LogP) is 3.38. The highest BCUT2D eigenvalue weighted by atomic mass is 15.1. The van der Waals surface area contributed by atoms with Gasteiger partial charge in [-0.1, -0.05) is 43.8 Å². The summed E-state index contributed by atoms with van der Waals surface area (Å²) in [6.07, 6.45) is 3.26. The first-order chi connectivity index (χ1) is 7.70. The van der Waals surface area contributed by atoms with E-state index in [1.54, 1.807) is 0 Å². The van der Waals surface area contributed by atoms with Crippen molar-refractivity contribution in [2.24, 2.45) is 5.92 Å². The summed E-state index contributed by atoms with van der Waals surface area (Å²) in [4.78, 5) is 2.43. The lowest BCUT2D eigenvalue weighted by Gasteiger charge is -2.20. The van der Waals surface area contributed by atoms with Crippen LogP contribution in [-0.4, -0.2) is 25.0 Å². The van der Waals surface area contributed by atoms with E-state index in [0.29, 0.717) is 5.92 Å². The molecule has 0 saturated carbocycles. The van der Waals surface area contributed by atoms with E-state index in [1.165, 1.54) is 30.6 Å². The van der Waals surface area contributed by atoms with E-state index >= 15 is 0 Å². The Morgan fingerprint density at radius 3 is 2.94 bits per heavy atom. The van der Waals surface area contributed by atoms with Crippen LogP contribution in [0.25, 0.3) is 6.08 Å². The van der Waals surface area contributed by atoms with E-state index in [0.717, 1.165) is 5.92 Å². The third-order valence-corrected chi connectivity index (χ3v) is 3.81. The molecule has 0 radical (unpaired) electrons. The summed E-state index contributed by atoms with van der Waals surface area (Å²) in [6, 6.07) is 8.78. The van der Waals surface area contributed by atoms with Gasteiger partial charge in [-0.15, -0.1) is 0 Å². The van der Waals surface area contributed by atoms with Gasteiger partial charge < -0.3 is 4.90 Å². The van der Waals surface area contributed by atoms with Crippen LogP contribution in [0.3, 0.4) is 0 Å². The van der Waals surface area contributed by atoms with Crippen molar-refractivity contribution in [2.75, 3.05) is 20.1 Å². The highest BCUT2D eigenvalue weighted by Gasteiger charge is 2.25. The number of rotatable bonds is 3. The van der Waals surface area contributed by atoms with Crippen LogP contribution in [0.1, 0.15) is 30.4 Å². The van der Waals surface area contributed by atoms with Crippen LogP contribution in [0.15, 0.2) is 30.8 Å². The molecular weight excluding hydrogens is 194 g/mol. The highest BCUT2D eigenvalue weighted by molar-refractivity contribution is 5.48. The van der Waals surface area contributed by atoms with Gasteiger partial charge in [0, 0.05) is 6.54 Å². The molecule has 0 spiro atoms. The minimum atomic E-state index is 0.657. The molecule has 1 fully saturated rings. The van der Waals surface area contributed by atoms with Crippen molar-refractivity contribution in [2.45, 2.75) is 19.3 Å². The van der Waals surface area contributed by atoms with Crippen LogP contribution in [-0.2, 0) is 0 Å². The molecular formula is C15H21N. The van der Waals surface area contributed by atoms with Crippen LogP contribution in [0.4, 0.5) is 0 Å². The average molecular weight is 215 g/mol. The second-order valence-corrected chi connectivity index (χ2v) is 4.97. The maximum atomic E-state index is 3.83. The summed E-state index contributed by atoms with van der Waals surface area (Å²) in [5, 5.41) is 0. The first-order valence-electron chi connectivity index (χ1n) is 6.11. The lowest BCUT2D eigenvalue weighted by molar-refractivity contribution is 0.377. The van der Waals surface area contributed by atoms with Gasteiger partial charge in [-0.3, -0.25) is 0 Å². The maximum Gasteiger partial charge on any atom is 0.00128 e. The maximum absolute atomic E-state index is 3.83. The normalized spacial score (nSPS) is 23.2. The summed E-state index contributed by atoms with van der Waals surface area (Å²) in [6.45, 7) is 8.67. The Kier molecular flexibility index (Phi) is 3.45. The molecule has 1 aliphatic heterocycles. The Labute approximate surface area is 98.8 Å². The molecule has 1 aromatic rings. The summed E-state index contributed by atoms with van der Waals surface area (Å²) in [5.41, 5.74) is 2.69. The van der Waals surface area contributed by atoms with Gasteiger partial charge in [0.05, 0.1) is 0 Å². The lowest BCUT2D eigenvalue weighted by atomic mass is 9.86. The van der Waals surface area contributed by atoms with E-state index < -0.39 is 0 Å². The van der Waals surface area contributed by atoms with Gasteiger partial charge >= 0.3 is 0 Å². The van der Waals surface area contributed by atoms with Gasteiger partial charge in [0.2, 0.25) is 0 Å². The minimum absolute atomic E-state index is 0.657. The molecule has 0 amide bonds. The topological polar surface area (TPSA) is 3.24 Å². The smallest absolute Gasteiger partial charge is 0.00128 e. The van der Waals surface area contributed by atoms with Crippen molar-refractivity contribution in [1.29, 1.82) is 0 Å². The monoisotopic (exact) mass is 215 g/mol. The zero-order valence-electron chi connectivity index (χ0n) is 10.3. The summed E-state index contributed by atoms with van der Waals surface area (Å²) >= 11 is 0. The molecule has 1 heteroatoms. The fourth-order valence-electron chi connectivity index (χ4n) is 2.62. The van der Waals surface area contributed by atoms with Crippen molar-refractivity contribution in [1.82, 2.24) is 4.90 Å². The van der Waals surface area contributed by atoms with Crippen molar-refractivity contribution in [3.05, 3.63) is 42.0 Å². The zero-order chi connectivity index (χ0) is 11.5. The molecule has 0 N–H and O–H groups in total. The van der Waals surface area contributed by atoms with E-state index in [1.807, 2.05) is 6.08 Å². The van der Waals surface area contributed by atoms with Crippen LogP contribution in [0.2, 0.25) is 0 Å². The summed E-state index contributed by atoms with van der Waals surface area (Å²) in [5.74, 6) is 1.47. The molecule has 2 unspecified atom stereocenters. The zero-order valence-corrected chi connectivity index (χ0v) is 10.3. The van der Waals surface area contributed by atoms with Crippen LogP contribution in [0, 0.1) is 5.92 Å². The average Bonchev–Trinajstić information content (AvgIpc) is 2.75. The highest BCUT2D eigenvalue weighted by Crippen LogP contribution is 2.31. The molecule has 2 rings (SSSR count). The van der Waals surface area contributed by atoms with E-state index in [9.17, 15) is 0 Å². The molecule has 1 heterocycles. The fourth-order valence-corrected chi connectivity index (χ4v) is 2.62. The van der Waals surface area contributed by atoms with E-state index in [-0.39, 0.29) is 0 Å². The molecule has 1 aliphatic rings.